The molecule has 0 saturated carbocycles. The van der Waals surface area contributed by atoms with Gasteiger partial charge in [0.2, 0.25) is 0 Å². The van der Waals surface area contributed by atoms with E-state index in [1.165, 1.54) is 5.56 Å². The van der Waals surface area contributed by atoms with E-state index < -0.39 is 8.32 Å². The number of aliphatic imine (C=N–C) groups is 1. The van der Waals surface area contributed by atoms with E-state index in [0.29, 0.717) is 6.54 Å². The molecule has 0 N–H and O–H groups in total. The second-order valence-corrected chi connectivity index (χ2v) is 10.3. The van der Waals surface area contributed by atoms with Crippen molar-refractivity contribution < 1.29 is 4.43 Å². The van der Waals surface area contributed by atoms with Crippen molar-refractivity contribution >= 4 is 14.5 Å². The number of benzene rings is 1. The van der Waals surface area contributed by atoms with Crippen LogP contribution in [0.3, 0.4) is 0 Å². The number of pyridine rings is 1. The molecule has 0 amide bonds. The Morgan fingerprint density at radius 3 is 2.43 bits per heavy atom. The molecule has 0 saturated heterocycles. The summed E-state index contributed by atoms with van der Waals surface area (Å²) in [5.41, 5.74) is 2.05. The van der Waals surface area contributed by atoms with Crippen molar-refractivity contribution in [2.45, 2.75) is 25.7 Å². The van der Waals surface area contributed by atoms with Crippen LogP contribution in [-0.4, -0.2) is 26.1 Å². The molecule has 0 fully saturated rings. The molecular weight excluding hydrogens is 276 g/mol. The van der Waals surface area contributed by atoms with Gasteiger partial charge in [0.1, 0.15) is 0 Å². The van der Waals surface area contributed by atoms with Crippen LogP contribution >= 0.6 is 0 Å². The van der Waals surface area contributed by atoms with E-state index in [9.17, 15) is 0 Å². The number of rotatable bonds is 6. The first-order chi connectivity index (χ1) is 10.0. The zero-order valence-electron chi connectivity index (χ0n) is 12.9. The van der Waals surface area contributed by atoms with Gasteiger partial charge < -0.3 is 4.43 Å². The zero-order valence-corrected chi connectivity index (χ0v) is 13.9. The molecule has 21 heavy (non-hydrogen) atoms. The average Bonchev–Trinajstić information content (AvgIpc) is 2.47. The monoisotopic (exact) mass is 298 g/mol. The Bertz CT molecular complexity index is 564. The highest BCUT2D eigenvalue weighted by molar-refractivity contribution is 6.69. The highest BCUT2D eigenvalue weighted by atomic mass is 28.4. The molecule has 2 aromatic rings. The van der Waals surface area contributed by atoms with Crippen LogP contribution in [0.25, 0.3) is 0 Å². The Labute approximate surface area is 127 Å². The Balaban J connectivity index is 2.08. The Morgan fingerprint density at radius 1 is 1.10 bits per heavy atom. The molecule has 0 radical (unpaired) electrons. The third kappa shape index (κ3) is 5.61. The summed E-state index contributed by atoms with van der Waals surface area (Å²) in [6.07, 6.45) is 3.59. The summed E-state index contributed by atoms with van der Waals surface area (Å²) in [6, 6.07) is 16.1. The normalized spacial score (nSPS) is 13.5. The summed E-state index contributed by atoms with van der Waals surface area (Å²) in [7, 11) is -1.62. The van der Waals surface area contributed by atoms with Crippen LogP contribution in [0.15, 0.2) is 59.7 Å². The van der Waals surface area contributed by atoms with E-state index in [0.717, 1.165) is 5.69 Å². The lowest BCUT2D eigenvalue weighted by atomic mass is 10.1. The fourth-order valence-corrected chi connectivity index (χ4v) is 3.06. The quantitative estimate of drug-likeness (QED) is 0.594. The van der Waals surface area contributed by atoms with Crippen molar-refractivity contribution in [1.29, 1.82) is 0 Å². The summed E-state index contributed by atoms with van der Waals surface area (Å²) < 4.78 is 6.27. The number of hydrogen-bond donors (Lipinski definition) is 0. The lowest BCUT2D eigenvalue weighted by Gasteiger charge is -2.25. The third-order valence-electron chi connectivity index (χ3n) is 2.85. The van der Waals surface area contributed by atoms with E-state index in [1.807, 2.05) is 42.6 Å². The molecule has 0 spiro atoms. The van der Waals surface area contributed by atoms with Gasteiger partial charge in [0, 0.05) is 12.4 Å². The van der Waals surface area contributed by atoms with E-state index >= 15 is 0 Å². The van der Waals surface area contributed by atoms with Gasteiger partial charge in [-0.25, -0.2) is 0 Å². The fraction of sp³-hybridized carbons (Fsp3) is 0.294. The van der Waals surface area contributed by atoms with Gasteiger partial charge in [0.15, 0.2) is 8.32 Å². The molecular formula is C17H22N2OSi. The minimum atomic E-state index is -1.62. The minimum absolute atomic E-state index is 0.0119. The first-order valence-corrected chi connectivity index (χ1v) is 10.6. The topological polar surface area (TPSA) is 34.5 Å². The van der Waals surface area contributed by atoms with Crippen molar-refractivity contribution in [3.63, 3.8) is 0 Å². The van der Waals surface area contributed by atoms with Crippen LogP contribution in [0.1, 0.15) is 17.4 Å². The molecule has 2 rings (SSSR count). The molecule has 0 bridgehead atoms. The maximum Gasteiger partial charge on any atom is 0.184 e. The first-order valence-electron chi connectivity index (χ1n) is 7.18. The maximum absolute atomic E-state index is 6.27. The largest absolute Gasteiger partial charge is 0.409 e. The van der Waals surface area contributed by atoms with Crippen molar-refractivity contribution in [3.8, 4) is 0 Å². The summed E-state index contributed by atoms with van der Waals surface area (Å²) in [5, 5.41) is 0. The maximum atomic E-state index is 6.27. The van der Waals surface area contributed by atoms with Crippen LogP contribution in [-0.2, 0) is 4.43 Å². The summed E-state index contributed by atoms with van der Waals surface area (Å²) in [4.78, 5) is 8.75. The number of hydrogen-bond acceptors (Lipinski definition) is 3. The lowest BCUT2D eigenvalue weighted by molar-refractivity contribution is 0.207. The van der Waals surface area contributed by atoms with E-state index in [-0.39, 0.29) is 6.10 Å². The molecule has 4 heteroatoms. The Kier molecular flexibility index (Phi) is 5.42. The predicted molar refractivity (Wildman–Crippen MR) is 90.3 cm³/mol. The van der Waals surface area contributed by atoms with Gasteiger partial charge in [-0.15, -0.1) is 0 Å². The molecule has 1 unspecified atom stereocenters. The van der Waals surface area contributed by atoms with Crippen molar-refractivity contribution in [1.82, 2.24) is 4.98 Å². The smallest absolute Gasteiger partial charge is 0.184 e. The minimum Gasteiger partial charge on any atom is -0.409 e. The number of nitrogens with zero attached hydrogens (tertiary/aromatic N) is 2. The van der Waals surface area contributed by atoms with Gasteiger partial charge in [-0.1, -0.05) is 36.4 Å². The van der Waals surface area contributed by atoms with Crippen LogP contribution in [0.2, 0.25) is 19.6 Å². The average molecular weight is 298 g/mol. The number of aromatic nitrogens is 1. The molecule has 3 nitrogen and oxygen atoms in total. The third-order valence-corrected chi connectivity index (χ3v) is 3.84. The van der Waals surface area contributed by atoms with Gasteiger partial charge in [-0.2, -0.15) is 0 Å². The molecule has 1 aromatic carbocycles. The van der Waals surface area contributed by atoms with Crippen molar-refractivity contribution in [2.75, 3.05) is 6.54 Å². The van der Waals surface area contributed by atoms with Crippen LogP contribution in [0.5, 0.6) is 0 Å². The molecule has 1 atom stereocenters. The van der Waals surface area contributed by atoms with Gasteiger partial charge in [-0.05, 0) is 37.3 Å². The van der Waals surface area contributed by atoms with Gasteiger partial charge in [0.05, 0.1) is 18.3 Å². The van der Waals surface area contributed by atoms with Crippen molar-refractivity contribution in [3.05, 3.63) is 66.0 Å². The Hall–Kier alpha value is -1.78. The lowest BCUT2D eigenvalue weighted by Crippen LogP contribution is -2.29. The summed E-state index contributed by atoms with van der Waals surface area (Å²) >= 11 is 0. The molecule has 0 aliphatic heterocycles. The molecule has 1 heterocycles. The van der Waals surface area contributed by atoms with E-state index in [4.69, 9.17) is 4.43 Å². The van der Waals surface area contributed by atoms with Crippen LogP contribution in [0, 0.1) is 0 Å². The van der Waals surface area contributed by atoms with Crippen LogP contribution < -0.4 is 0 Å². The molecule has 110 valence electrons. The molecule has 0 aliphatic rings. The first kappa shape index (κ1) is 15.6. The standard InChI is InChI=1S/C17H22N2OSi/c1-21(2,3)20-17(15-9-5-4-6-10-15)14-18-13-16-11-7-8-12-19-16/h4-13,17H,14H2,1-3H3. The SMILES string of the molecule is C[Si](C)(C)OC(CN=Cc1ccccn1)c1ccccc1. The summed E-state index contributed by atoms with van der Waals surface area (Å²) in [6.45, 7) is 7.22. The highest BCUT2D eigenvalue weighted by Crippen LogP contribution is 2.22. The zero-order chi connectivity index (χ0) is 15.1. The van der Waals surface area contributed by atoms with Gasteiger partial charge in [0.25, 0.3) is 0 Å². The van der Waals surface area contributed by atoms with E-state index in [1.54, 1.807) is 6.20 Å². The Morgan fingerprint density at radius 2 is 1.81 bits per heavy atom. The van der Waals surface area contributed by atoms with Crippen molar-refractivity contribution in [2.24, 2.45) is 4.99 Å². The van der Waals surface area contributed by atoms with Gasteiger partial charge in [-0.3, -0.25) is 9.98 Å². The van der Waals surface area contributed by atoms with E-state index in [2.05, 4.69) is 41.8 Å². The fourth-order valence-electron chi connectivity index (χ4n) is 2.00. The van der Waals surface area contributed by atoms with Gasteiger partial charge >= 0.3 is 0 Å². The second kappa shape index (κ2) is 7.29. The summed E-state index contributed by atoms with van der Waals surface area (Å²) in [5.74, 6) is 0. The molecule has 1 aromatic heterocycles. The highest BCUT2D eigenvalue weighted by Gasteiger charge is 2.21. The predicted octanol–water partition coefficient (Wildman–Crippen LogP) is 4.09. The van der Waals surface area contributed by atoms with Crippen LogP contribution in [0.4, 0.5) is 0 Å². The second-order valence-electron chi connectivity index (χ2n) is 5.88. The molecule has 0 aliphatic carbocycles.